The van der Waals surface area contributed by atoms with Crippen LogP contribution in [0.1, 0.15) is 18.9 Å². The van der Waals surface area contributed by atoms with Gasteiger partial charge in [-0.15, -0.1) is 0 Å². The molecule has 1 unspecified atom stereocenters. The minimum atomic E-state index is -0.386. The highest BCUT2D eigenvalue weighted by molar-refractivity contribution is 6.31. The van der Waals surface area contributed by atoms with Crippen molar-refractivity contribution >= 4 is 11.6 Å². The predicted octanol–water partition coefficient (Wildman–Crippen LogP) is 4.67. The Morgan fingerprint density at radius 1 is 1.10 bits per heavy atom. The average Bonchev–Trinajstić information content (AvgIpc) is 2.43. The molecule has 2 aromatic carbocycles. The van der Waals surface area contributed by atoms with Crippen LogP contribution in [0.4, 0.5) is 4.39 Å². The number of benzene rings is 2. The van der Waals surface area contributed by atoms with E-state index in [2.05, 4.69) is 19.1 Å². The molecule has 20 heavy (non-hydrogen) atoms. The van der Waals surface area contributed by atoms with Gasteiger partial charge in [-0.1, -0.05) is 48.9 Å². The van der Waals surface area contributed by atoms with E-state index in [4.69, 9.17) is 17.3 Å². The lowest BCUT2D eigenvalue weighted by Crippen LogP contribution is -2.07. The Balaban J connectivity index is 2.13. The van der Waals surface area contributed by atoms with Crippen LogP contribution in [-0.4, -0.2) is 6.54 Å². The van der Waals surface area contributed by atoms with E-state index in [0.717, 1.165) is 30.5 Å². The highest BCUT2D eigenvalue weighted by atomic mass is 35.5. The molecule has 1 atom stereocenters. The molecule has 0 aromatic heterocycles. The molecule has 0 aliphatic rings. The average molecular weight is 292 g/mol. The first kappa shape index (κ1) is 15.0. The summed E-state index contributed by atoms with van der Waals surface area (Å²) in [6.45, 7) is 2.94. The van der Waals surface area contributed by atoms with Crippen LogP contribution < -0.4 is 5.73 Å². The number of rotatable bonds is 5. The van der Waals surface area contributed by atoms with Gasteiger partial charge >= 0.3 is 0 Å². The van der Waals surface area contributed by atoms with Crippen LogP contribution in [-0.2, 0) is 6.42 Å². The monoisotopic (exact) mass is 291 g/mol. The Morgan fingerprint density at radius 3 is 2.35 bits per heavy atom. The molecule has 2 N–H and O–H groups in total. The van der Waals surface area contributed by atoms with Crippen molar-refractivity contribution in [1.82, 2.24) is 0 Å². The van der Waals surface area contributed by atoms with E-state index in [1.807, 2.05) is 12.1 Å². The second-order valence-corrected chi connectivity index (χ2v) is 5.62. The first-order valence-electron chi connectivity index (χ1n) is 6.84. The van der Waals surface area contributed by atoms with E-state index in [1.54, 1.807) is 12.1 Å². The fourth-order valence-corrected chi connectivity index (χ4v) is 2.48. The van der Waals surface area contributed by atoms with Gasteiger partial charge in [0.15, 0.2) is 0 Å². The van der Waals surface area contributed by atoms with Gasteiger partial charge in [-0.3, -0.25) is 0 Å². The summed E-state index contributed by atoms with van der Waals surface area (Å²) in [5.41, 5.74) is 8.83. The Labute approximate surface area is 124 Å². The number of halogens is 2. The standard InChI is InChI=1S/C17H19ClFN/c1-12(8-9-20)10-13-2-4-14(5-3-13)15-6-7-17(19)16(18)11-15/h2-7,11-12H,8-10,20H2,1H3. The van der Waals surface area contributed by atoms with Crippen molar-refractivity contribution in [3.05, 3.63) is 58.9 Å². The number of hydrogen-bond acceptors (Lipinski definition) is 1. The summed E-state index contributed by atoms with van der Waals surface area (Å²) < 4.78 is 13.2. The number of nitrogens with two attached hydrogens (primary N) is 1. The van der Waals surface area contributed by atoms with Crippen molar-refractivity contribution in [3.8, 4) is 11.1 Å². The Bertz CT molecular complexity index is 566. The summed E-state index contributed by atoms with van der Waals surface area (Å²) in [4.78, 5) is 0. The molecule has 1 nitrogen and oxygen atoms in total. The molecule has 106 valence electrons. The largest absolute Gasteiger partial charge is 0.330 e. The van der Waals surface area contributed by atoms with Gasteiger partial charge in [-0.2, -0.15) is 0 Å². The molecule has 0 bridgehead atoms. The number of hydrogen-bond donors (Lipinski definition) is 1. The van der Waals surface area contributed by atoms with Gasteiger partial charge in [-0.25, -0.2) is 4.39 Å². The molecule has 0 heterocycles. The van der Waals surface area contributed by atoms with Gasteiger partial charge in [0, 0.05) is 0 Å². The molecule has 0 radical (unpaired) electrons. The molecule has 0 saturated carbocycles. The zero-order valence-corrected chi connectivity index (χ0v) is 12.3. The molecule has 0 spiro atoms. The van der Waals surface area contributed by atoms with Crippen molar-refractivity contribution < 1.29 is 4.39 Å². The van der Waals surface area contributed by atoms with E-state index in [9.17, 15) is 4.39 Å². The van der Waals surface area contributed by atoms with Crippen LogP contribution >= 0.6 is 11.6 Å². The molecule has 0 aliphatic heterocycles. The fourth-order valence-electron chi connectivity index (χ4n) is 2.30. The zero-order chi connectivity index (χ0) is 14.5. The summed E-state index contributed by atoms with van der Waals surface area (Å²) in [7, 11) is 0. The summed E-state index contributed by atoms with van der Waals surface area (Å²) in [5.74, 6) is 0.203. The smallest absolute Gasteiger partial charge is 0.141 e. The summed E-state index contributed by atoms with van der Waals surface area (Å²) in [6.07, 6.45) is 2.07. The predicted molar refractivity (Wildman–Crippen MR) is 83.4 cm³/mol. The molecular formula is C17H19ClFN. The third-order valence-electron chi connectivity index (χ3n) is 3.45. The van der Waals surface area contributed by atoms with Gasteiger partial charge in [0.25, 0.3) is 0 Å². The van der Waals surface area contributed by atoms with Crippen LogP contribution in [0.2, 0.25) is 5.02 Å². The Hall–Kier alpha value is -1.38. The van der Waals surface area contributed by atoms with E-state index >= 15 is 0 Å². The minimum Gasteiger partial charge on any atom is -0.330 e. The topological polar surface area (TPSA) is 26.0 Å². The maximum atomic E-state index is 13.2. The van der Waals surface area contributed by atoms with E-state index in [-0.39, 0.29) is 10.8 Å². The summed E-state index contributed by atoms with van der Waals surface area (Å²) in [5, 5.41) is 0.156. The van der Waals surface area contributed by atoms with E-state index in [1.165, 1.54) is 11.6 Å². The normalized spacial score (nSPS) is 12.4. The SMILES string of the molecule is CC(CCN)Cc1ccc(-c2ccc(F)c(Cl)c2)cc1. The quantitative estimate of drug-likeness (QED) is 0.851. The second kappa shape index (κ2) is 6.87. The summed E-state index contributed by atoms with van der Waals surface area (Å²) in [6, 6.07) is 13.1. The molecule has 2 aromatic rings. The molecule has 0 saturated heterocycles. The van der Waals surface area contributed by atoms with Crippen LogP contribution in [0.5, 0.6) is 0 Å². The molecule has 2 rings (SSSR count). The third kappa shape index (κ3) is 3.81. The van der Waals surface area contributed by atoms with Crippen LogP contribution in [0, 0.1) is 11.7 Å². The summed E-state index contributed by atoms with van der Waals surface area (Å²) >= 11 is 5.81. The van der Waals surface area contributed by atoms with Gasteiger partial charge < -0.3 is 5.73 Å². The van der Waals surface area contributed by atoms with E-state index in [0.29, 0.717) is 5.92 Å². The molecular weight excluding hydrogens is 273 g/mol. The minimum absolute atomic E-state index is 0.156. The zero-order valence-electron chi connectivity index (χ0n) is 11.6. The van der Waals surface area contributed by atoms with Crippen molar-refractivity contribution in [2.45, 2.75) is 19.8 Å². The van der Waals surface area contributed by atoms with Crippen LogP contribution in [0.25, 0.3) is 11.1 Å². The maximum Gasteiger partial charge on any atom is 0.141 e. The van der Waals surface area contributed by atoms with Gasteiger partial charge in [-0.05, 0) is 54.1 Å². The van der Waals surface area contributed by atoms with Gasteiger partial charge in [0.1, 0.15) is 5.82 Å². The third-order valence-corrected chi connectivity index (χ3v) is 3.74. The first-order chi connectivity index (χ1) is 9.60. The fraction of sp³-hybridized carbons (Fsp3) is 0.294. The molecule has 0 amide bonds. The van der Waals surface area contributed by atoms with Crippen molar-refractivity contribution in [1.29, 1.82) is 0 Å². The highest BCUT2D eigenvalue weighted by Crippen LogP contribution is 2.25. The Morgan fingerprint density at radius 2 is 1.75 bits per heavy atom. The molecule has 3 heteroatoms. The lowest BCUT2D eigenvalue weighted by atomic mass is 9.96. The maximum absolute atomic E-state index is 13.2. The van der Waals surface area contributed by atoms with Crippen LogP contribution in [0.15, 0.2) is 42.5 Å². The van der Waals surface area contributed by atoms with Crippen molar-refractivity contribution in [3.63, 3.8) is 0 Å². The highest BCUT2D eigenvalue weighted by Gasteiger charge is 2.05. The lowest BCUT2D eigenvalue weighted by Gasteiger charge is -2.10. The Kier molecular flexibility index (Phi) is 5.16. The van der Waals surface area contributed by atoms with Crippen molar-refractivity contribution in [2.24, 2.45) is 11.7 Å². The molecule has 0 aliphatic carbocycles. The van der Waals surface area contributed by atoms with Gasteiger partial charge in [0.05, 0.1) is 5.02 Å². The lowest BCUT2D eigenvalue weighted by molar-refractivity contribution is 0.538. The molecule has 0 fully saturated rings. The van der Waals surface area contributed by atoms with Crippen molar-refractivity contribution in [2.75, 3.05) is 6.54 Å². The van der Waals surface area contributed by atoms with Gasteiger partial charge in [0.2, 0.25) is 0 Å². The second-order valence-electron chi connectivity index (χ2n) is 5.21. The first-order valence-corrected chi connectivity index (χ1v) is 7.22. The van der Waals surface area contributed by atoms with Crippen LogP contribution in [0.3, 0.4) is 0 Å². The van der Waals surface area contributed by atoms with E-state index < -0.39 is 0 Å².